The molecule has 8 N–H and O–H groups in total. The minimum Gasteiger partial charge on any atom is -0.391 e. The lowest BCUT2D eigenvalue weighted by Gasteiger charge is -2.41. The average molecular weight is 1030 g/mol. The number of nitrogens with one attached hydrogen (secondary N) is 1. The van der Waals surface area contributed by atoms with Crippen LogP contribution in [0.3, 0.4) is 0 Å². The Kier molecular flexibility index (Phi) is 46.0. The van der Waals surface area contributed by atoms with Crippen molar-refractivity contribution in [3.63, 3.8) is 0 Å². The van der Waals surface area contributed by atoms with E-state index in [1.54, 1.807) is 0 Å². The molecule has 0 saturated heterocycles. The number of aliphatic hydroxyl groups excluding tert-OH is 6. The molecule has 0 heterocycles. The van der Waals surface area contributed by atoms with E-state index in [0.717, 1.165) is 38.5 Å². The van der Waals surface area contributed by atoms with E-state index in [1.165, 1.54) is 231 Å². The predicted molar refractivity (Wildman–Crippen MR) is 292 cm³/mol. The van der Waals surface area contributed by atoms with Gasteiger partial charge in [0.25, 0.3) is 0 Å². The molecule has 9 atom stereocenters. The molecule has 0 aromatic heterocycles. The van der Waals surface area contributed by atoms with Crippen molar-refractivity contribution in [3.05, 3.63) is 0 Å². The van der Waals surface area contributed by atoms with Gasteiger partial charge >= 0.3 is 7.82 Å². The Morgan fingerprint density at radius 2 is 0.676 bits per heavy atom. The van der Waals surface area contributed by atoms with Gasteiger partial charge in [0.05, 0.1) is 18.8 Å². The zero-order valence-electron chi connectivity index (χ0n) is 46.1. The van der Waals surface area contributed by atoms with Crippen LogP contribution in [-0.4, -0.2) is 96.8 Å². The smallest absolute Gasteiger partial charge is 0.391 e. The van der Waals surface area contributed by atoms with Crippen LogP contribution in [-0.2, 0) is 18.4 Å². The fourth-order valence-corrected chi connectivity index (χ4v) is 11.2. The lowest BCUT2D eigenvalue weighted by atomic mass is 9.85. The Labute approximate surface area is 436 Å². The molecule has 6 unspecified atom stereocenters. The third kappa shape index (κ3) is 38.5. The van der Waals surface area contributed by atoms with Crippen molar-refractivity contribution < 1.29 is 53.9 Å². The van der Waals surface area contributed by atoms with Gasteiger partial charge in [0, 0.05) is 6.42 Å². The minimum atomic E-state index is -5.06. The highest BCUT2D eigenvalue weighted by Gasteiger charge is 2.51. The fourth-order valence-electron chi connectivity index (χ4n) is 10.3. The summed E-state index contributed by atoms with van der Waals surface area (Å²) in [4.78, 5) is 23.6. The molecule has 424 valence electrons. The summed E-state index contributed by atoms with van der Waals surface area (Å²) in [5.74, 6) is -0.300. The predicted octanol–water partition coefficient (Wildman–Crippen LogP) is 14.1. The Balaban J connectivity index is 2.21. The largest absolute Gasteiger partial charge is 0.472 e. The van der Waals surface area contributed by atoms with Gasteiger partial charge in [0.2, 0.25) is 5.91 Å². The Morgan fingerprint density at radius 3 is 0.972 bits per heavy atom. The summed E-state index contributed by atoms with van der Waals surface area (Å²) in [6.07, 6.45) is 44.5. The monoisotopic (exact) mass is 1030 g/mol. The standard InChI is InChI=1S/C58H116NO11P/c1-3-5-7-9-11-13-15-17-19-20-21-22-23-24-25-26-27-28-29-30-31-32-33-34-36-38-40-42-44-46-48-52(61)59-50(49-69-71(67,68)70-58-56(65)54(63)53(62)55(64)57(58)66)51(60)47-45-43-41-39-37-35-18-16-14-12-10-8-6-4-2/h50-51,53-58,60,62-66H,3-49H2,1-2H3,(H,59,61)(H,67,68)/t50-,51+,53?,54+,55?,56?,57?,58?/m0/s1. The molecule has 0 spiro atoms. The molecule has 1 amide bonds. The first-order valence-electron chi connectivity index (χ1n) is 30.5. The number of carbonyl (C=O) groups is 1. The first-order chi connectivity index (χ1) is 34.4. The van der Waals surface area contributed by atoms with Gasteiger partial charge in [-0.15, -0.1) is 0 Å². The van der Waals surface area contributed by atoms with Gasteiger partial charge in [0.15, 0.2) is 0 Å². The third-order valence-electron chi connectivity index (χ3n) is 15.2. The van der Waals surface area contributed by atoms with Crippen molar-refractivity contribution in [1.29, 1.82) is 0 Å². The number of hydrogen-bond donors (Lipinski definition) is 8. The van der Waals surface area contributed by atoms with Gasteiger partial charge in [-0.3, -0.25) is 13.8 Å². The highest BCUT2D eigenvalue weighted by atomic mass is 31.2. The minimum absolute atomic E-state index is 0.243. The maximum atomic E-state index is 13.1. The molecular weight excluding hydrogens is 918 g/mol. The molecule has 12 nitrogen and oxygen atoms in total. The topological polar surface area (TPSA) is 206 Å². The lowest BCUT2D eigenvalue weighted by molar-refractivity contribution is -0.220. The summed E-state index contributed by atoms with van der Waals surface area (Å²) < 4.78 is 23.1. The van der Waals surface area contributed by atoms with Gasteiger partial charge in [-0.2, -0.15) is 0 Å². The molecule has 0 radical (unpaired) electrons. The first kappa shape index (κ1) is 68.4. The second kappa shape index (κ2) is 47.8. The van der Waals surface area contributed by atoms with Crippen LogP contribution in [0, 0.1) is 0 Å². The lowest BCUT2D eigenvalue weighted by Crippen LogP contribution is -2.64. The fraction of sp³-hybridized carbons (Fsp3) is 0.983. The molecule has 1 aliphatic carbocycles. The van der Waals surface area contributed by atoms with E-state index >= 15 is 0 Å². The van der Waals surface area contributed by atoms with E-state index in [1.807, 2.05) is 0 Å². The van der Waals surface area contributed by atoms with E-state index in [2.05, 4.69) is 19.2 Å². The maximum Gasteiger partial charge on any atom is 0.472 e. The number of rotatable bonds is 53. The molecule has 1 saturated carbocycles. The van der Waals surface area contributed by atoms with Crippen LogP contribution in [0.1, 0.15) is 309 Å². The molecule has 0 bridgehead atoms. The molecule has 1 rings (SSSR count). The summed E-state index contributed by atoms with van der Waals surface area (Å²) in [5, 5.41) is 64.5. The van der Waals surface area contributed by atoms with E-state index in [9.17, 15) is 44.9 Å². The Hall–Kier alpha value is -0.660. The zero-order chi connectivity index (χ0) is 52.1. The van der Waals surface area contributed by atoms with Crippen molar-refractivity contribution in [3.8, 4) is 0 Å². The number of phosphoric ester groups is 1. The molecule has 71 heavy (non-hydrogen) atoms. The van der Waals surface area contributed by atoms with Gasteiger partial charge in [-0.25, -0.2) is 4.57 Å². The SMILES string of the molecule is CCCCCCCCCCCCCCCCCCCCCCCCCCCCCCCCC(=O)N[C@@H](COP(=O)(O)OC1C(O)C(O)C(O)[C@@H](O)C1O)[C@H](O)CCCCCCCCCCCCCCCC. The number of phosphoric acid groups is 1. The van der Waals surface area contributed by atoms with E-state index in [-0.39, 0.29) is 12.3 Å². The maximum absolute atomic E-state index is 13.1. The number of carbonyl (C=O) groups excluding carboxylic acids is 1. The van der Waals surface area contributed by atoms with Gasteiger partial charge < -0.3 is 40.8 Å². The van der Waals surface area contributed by atoms with Crippen LogP contribution in [0.15, 0.2) is 0 Å². The Morgan fingerprint density at radius 1 is 0.423 bits per heavy atom. The summed E-state index contributed by atoms with van der Waals surface area (Å²) in [6, 6.07) is -1.03. The second-order valence-electron chi connectivity index (χ2n) is 21.9. The molecule has 1 aliphatic rings. The van der Waals surface area contributed by atoms with E-state index in [0.29, 0.717) is 19.3 Å². The molecule has 1 fully saturated rings. The number of aliphatic hydroxyl groups is 6. The quantitative estimate of drug-likeness (QED) is 0.0212. The molecule has 0 aromatic rings. The average Bonchev–Trinajstić information content (AvgIpc) is 3.35. The van der Waals surface area contributed by atoms with Crippen molar-refractivity contribution in [2.75, 3.05) is 6.61 Å². The van der Waals surface area contributed by atoms with E-state index in [4.69, 9.17) is 9.05 Å². The number of hydrogen-bond acceptors (Lipinski definition) is 10. The van der Waals surface area contributed by atoms with Crippen LogP contribution < -0.4 is 5.32 Å². The molecule has 0 aliphatic heterocycles. The molecule has 13 heteroatoms. The van der Waals surface area contributed by atoms with Gasteiger partial charge in [0.1, 0.15) is 36.6 Å². The summed E-state index contributed by atoms with van der Waals surface area (Å²) in [6.45, 7) is 3.94. The first-order valence-corrected chi connectivity index (χ1v) is 32.0. The zero-order valence-corrected chi connectivity index (χ0v) is 47.0. The van der Waals surface area contributed by atoms with Crippen molar-refractivity contribution >= 4 is 13.7 Å². The molecular formula is C58H116NO11P. The second-order valence-corrected chi connectivity index (χ2v) is 23.3. The van der Waals surface area contributed by atoms with Crippen molar-refractivity contribution in [2.45, 2.75) is 358 Å². The number of unbranched alkanes of at least 4 members (excludes halogenated alkanes) is 42. The third-order valence-corrected chi connectivity index (χ3v) is 16.2. The van der Waals surface area contributed by atoms with Crippen LogP contribution in [0.4, 0.5) is 0 Å². The van der Waals surface area contributed by atoms with Crippen LogP contribution in [0.2, 0.25) is 0 Å². The van der Waals surface area contributed by atoms with Crippen LogP contribution in [0.5, 0.6) is 0 Å². The summed E-state index contributed by atoms with van der Waals surface area (Å²) in [7, 11) is -5.06. The Bertz CT molecular complexity index is 1200. The summed E-state index contributed by atoms with van der Waals surface area (Å²) in [5.41, 5.74) is 0. The van der Waals surface area contributed by atoms with Crippen molar-refractivity contribution in [2.24, 2.45) is 0 Å². The van der Waals surface area contributed by atoms with Gasteiger partial charge in [-0.05, 0) is 12.8 Å². The summed E-state index contributed by atoms with van der Waals surface area (Å²) >= 11 is 0. The number of amides is 1. The normalized spacial score (nSPS) is 21.1. The van der Waals surface area contributed by atoms with Crippen LogP contribution >= 0.6 is 7.82 Å². The highest BCUT2D eigenvalue weighted by Crippen LogP contribution is 2.47. The highest BCUT2D eigenvalue weighted by molar-refractivity contribution is 7.47. The van der Waals surface area contributed by atoms with Crippen LogP contribution in [0.25, 0.3) is 0 Å². The van der Waals surface area contributed by atoms with Crippen molar-refractivity contribution in [1.82, 2.24) is 5.32 Å². The van der Waals surface area contributed by atoms with Gasteiger partial charge in [-0.1, -0.05) is 290 Å². The van der Waals surface area contributed by atoms with E-state index < -0.39 is 63.2 Å². The molecule has 0 aromatic carbocycles.